The molecule has 1 unspecified atom stereocenters. The first-order valence-corrected chi connectivity index (χ1v) is 6.99. The summed E-state index contributed by atoms with van der Waals surface area (Å²) >= 11 is 0. The Hall–Kier alpha value is -1.86. The Morgan fingerprint density at radius 3 is 2.85 bits per heavy atom. The van der Waals surface area contributed by atoms with Gasteiger partial charge in [0, 0.05) is 17.5 Å². The molecule has 0 bridgehead atoms. The van der Waals surface area contributed by atoms with Gasteiger partial charge >= 0.3 is 5.97 Å². The molecule has 2 atom stereocenters. The molecule has 2 aromatic carbocycles. The van der Waals surface area contributed by atoms with Gasteiger partial charge < -0.3 is 9.47 Å². The van der Waals surface area contributed by atoms with Crippen LogP contribution >= 0.6 is 9.24 Å². The fourth-order valence-corrected chi connectivity index (χ4v) is 2.84. The first-order chi connectivity index (χ1) is 9.67. The fraction of sp³-hybridized carbons (Fsp3) is 0.188. The van der Waals surface area contributed by atoms with Gasteiger partial charge in [-0.05, 0) is 16.9 Å². The Morgan fingerprint density at radius 2 is 2.10 bits per heavy atom. The van der Waals surface area contributed by atoms with Crippen molar-refractivity contribution in [3.05, 3.63) is 53.6 Å². The lowest BCUT2D eigenvalue weighted by molar-refractivity contribution is -0.135. The van der Waals surface area contributed by atoms with Gasteiger partial charge in [0.15, 0.2) is 0 Å². The highest BCUT2D eigenvalue weighted by molar-refractivity contribution is 7.27. The minimum atomic E-state index is -0.204. The molecule has 0 N–H and O–H groups in total. The van der Waals surface area contributed by atoms with Crippen LogP contribution in [0.5, 0.6) is 11.5 Å². The summed E-state index contributed by atoms with van der Waals surface area (Å²) in [6.45, 7) is 0. The van der Waals surface area contributed by atoms with E-state index in [1.165, 1.54) is 0 Å². The van der Waals surface area contributed by atoms with Gasteiger partial charge in [0.1, 0.15) is 11.5 Å². The smallest absolute Gasteiger partial charge is 0.312 e. The van der Waals surface area contributed by atoms with Crippen molar-refractivity contribution in [3.8, 4) is 11.5 Å². The highest BCUT2D eigenvalue weighted by Crippen LogP contribution is 2.40. The predicted octanol–water partition coefficient (Wildman–Crippen LogP) is 2.64. The van der Waals surface area contributed by atoms with E-state index in [9.17, 15) is 4.79 Å². The van der Waals surface area contributed by atoms with Crippen LogP contribution in [0.3, 0.4) is 0 Å². The summed E-state index contributed by atoms with van der Waals surface area (Å²) in [5.74, 6) is 1.12. The highest BCUT2D eigenvalue weighted by atomic mass is 31.0. The summed E-state index contributed by atoms with van der Waals surface area (Å²) in [6, 6.07) is 13.8. The molecule has 1 heterocycles. The van der Waals surface area contributed by atoms with Crippen LogP contribution in [0.25, 0.3) is 0 Å². The van der Waals surface area contributed by atoms with Crippen LogP contribution in [0.2, 0.25) is 0 Å². The van der Waals surface area contributed by atoms with Crippen molar-refractivity contribution < 1.29 is 14.3 Å². The molecule has 0 spiro atoms. The van der Waals surface area contributed by atoms with E-state index in [1.54, 1.807) is 13.2 Å². The Bertz CT molecular complexity index is 667. The van der Waals surface area contributed by atoms with Crippen LogP contribution in [-0.2, 0) is 4.79 Å². The third-order valence-corrected chi connectivity index (χ3v) is 3.86. The average Bonchev–Trinajstić information content (AvgIpc) is 2.45. The summed E-state index contributed by atoms with van der Waals surface area (Å²) in [5.41, 5.74) is 2.15. The van der Waals surface area contributed by atoms with Crippen LogP contribution in [0.1, 0.15) is 23.5 Å². The third-order valence-electron chi connectivity index (χ3n) is 3.50. The standard InChI is InChI=1S/C16H15O3P/c1-18-11-5-6-13-14(9-16(17)19-15(13)8-11)10-3-2-4-12(20)7-10/h2-8,14H,9,20H2,1H3/t14-/m0/s1. The van der Waals surface area contributed by atoms with Gasteiger partial charge in [-0.15, -0.1) is 9.24 Å². The maximum atomic E-state index is 11.8. The van der Waals surface area contributed by atoms with E-state index in [2.05, 4.69) is 15.3 Å². The Labute approximate surface area is 120 Å². The average molecular weight is 286 g/mol. The van der Waals surface area contributed by atoms with Crippen molar-refractivity contribution in [3.63, 3.8) is 0 Å². The number of benzene rings is 2. The van der Waals surface area contributed by atoms with Crippen molar-refractivity contribution in [1.29, 1.82) is 0 Å². The van der Waals surface area contributed by atoms with E-state index >= 15 is 0 Å². The summed E-state index contributed by atoms with van der Waals surface area (Å²) < 4.78 is 10.5. The summed E-state index contributed by atoms with van der Waals surface area (Å²) in [6.07, 6.45) is 0.369. The van der Waals surface area contributed by atoms with Crippen LogP contribution in [0, 0.1) is 0 Å². The van der Waals surface area contributed by atoms with E-state index in [1.807, 2.05) is 30.3 Å². The highest BCUT2D eigenvalue weighted by Gasteiger charge is 2.28. The first-order valence-electron chi connectivity index (χ1n) is 6.41. The zero-order chi connectivity index (χ0) is 14.1. The molecule has 3 nitrogen and oxygen atoms in total. The molecule has 0 saturated heterocycles. The maximum Gasteiger partial charge on any atom is 0.312 e. The third kappa shape index (κ3) is 2.41. The molecule has 102 valence electrons. The monoisotopic (exact) mass is 286 g/mol. The van der Waals surface area contributed by atoms with Crippen LogP contribution in [0.15, 0.2) is 42.5 Å². The Balaban J connectivity index is 2.08. The molecule has 0 aliphatic carbocycles. The number of carbonyl (C=O) groups is 1. The van der Waals surface area contributed by atoms with E-state index in [4.69, 9.17) is 9.47 Å². The molecule has 0 fully saturated rings. The lowest BCUT2D eigenvalue weighted by Gasteiger charge is -2.25. The van der Waals surface area contributed by atoms with Gasteiger partial charge in [0.2, 0.25) is 0 Å². The molecular weight excluding hydrogens is 271 g/mol. The van der Waals surface area contributed by atoms with Crippen molar-refractivity contribution in [2.45, 2.75) is 12.3 Å². The van der Waals surface area contributed by atoms with Crippen molar-refractivity contribution >= 4 is 20.5 Å². The second-order valence-corrected chi connectivity index (χ2v) is 5.47. The Morgan fingerprint density at radius 1 is 1.25 bits per heavy atom. The minimum absolute atomic E-state index is 0.0395. The Kier molecular flexibility index (Phi) is 3.45. The predicted molar refractivity (Wildman–Crippen MR) is 80.9 cm³/mol. The lowest BCUT2D eigenvalue weighted by atomic mass is 9.86. The molecule has 1 aliphatic rings. The van der Waals surface area contributed by atoms with Crippen molar-refractivity contribution in [1.82, 2.24) is 0 Å². The van der Waals surface area contributed by atoms with Crippen molar-refractivity contribution in [2.75, 3.05) is 7.11 Å². The van der Waals surface area contributed by atoms with Crippen LogP contribution < -0.4 is 14.8 Å². The summed E-state index contributed by atoms with van der Waals surface area (Å²) in [7, 11) is 4.28. The normalized spacial score (nSPS) is 17.3. The summed E-state index contributed by atoms with van der Waals surface area (Å²) in [5, 5.41) is 1.11. The molecule has 20 heavy (non-hydrogen) atoms. The molecule has 0 amide bonds. The first kappa shape index (κ1) is 13.1. The molecule has 1 aliphatic heterocycles. The number of ether oxygens (including phenoxy) is 2. The molecule has 0 saturated carbocycles. The molecular formula is C16H15O3P. The van der Waals surface area contributed by atoms with Gasteiger partial charge in [-0.25, -0.2) is 0 Å². The molecule has 3 rings (SSSR count). The number of hydrogen-bond acceptors (Lipinski definition) is 3. The van der Waals surface area contributed by atoms with Gasteiger partial charge in [0.25, 0.3) is 0 Å². The zero-order valence-electron chi connectivity index (χ0n) is 11.1. The minimum Gasteiger partial charge on any atom is -0.497 e. The van der Waals surface area contributed by atoms with E-state index in [0.717, 1.165) is 16.4 Å². The quantitative estimate of drug-likeness (QED) is 0.483. The fourth-order valence-electron chi connectivity index (χ4n) is 2.53. The van der Waals surface area contributed by atoms with Gasteiger partial charge in [-0.2, -0.15) is 0 Å². The number of fused-ring (bicyclic) bond motifs is 1. The van der Waals surface area contributed by atoms with E-state index in [0.29, 0.717) is 17.9 Å². The lowest BCUT2D eigenvalue weighted by Crippen LogP contribution is -2.21. The molecule has 0 radical (unpaired) electrons. The second-order valence-electron chi connectivity index (χ2n) is 4.80. The number of carbonyl (C=O) groups excluding carboxylic acids is 1. The van der Waals surface area contributed by atoms with E-state index < -0.39 is 0 Å². The van der Waals surface area contributed by atoms with E-state index in [-0.39, 0.29) is 11.9 Å². The van der Waals surface area contributed by atoms with Crippen LogP contribution in [-0.4, -0.2) is 13.1 Å². The second kappa shape index (κ2) is 5.26. The molecule has 4 heteroatoms. The number of esters is 1. The maximum absolute atomic E-state index is 11.8. The molecule has 0 aromatic heterocycles. The summed E-state index contributed by atoms with van der Waals surface area (Å²) in [4.78, 5) is 11.8. The van der Waals surface area contributed by atoms with Gasteiger partial charge in [-0.3, -0.25) is 4.79 Å². The number of methoxy groups -OCH3 is 1. The largest absolute Gasteiger partial charge is 0.497 e. The topological polar surface area (TPSA) is 35.5 Å². The number of hydrogen-bond donors (Lipinski definition) is 0. The van der Waals surface area contributed by atoms with Gasteiger partial charge in [-0.1, -0.05) is 30.3 Å². The number of rotatable bonds is 2. The van der Waals surface area contributed by atoms with Gasteiger partial charge in [0.05, 0.1) is 13.5 Å². The zero-order valence-corrected chi connectivity index (χ0v) is 12.3. The van der Waals surface area contributed by atoms with Crippen LogP contribution in [0.4, 0.5) is 0 Å². The van der Waals surface area contributed by atoms with Crippen molar-refractivity contribution in [2.24, 2.45) is 0 Å². The molecule has 2 aromatic rings. The SMILES string of the molecule is COc1ccc2c(c1)OC(=O)C[C@H]2c1cccc(P)c1.